The lowest BCUT2D eigenvalue weighted by Gasteiger charge is -2.05. The van der Waals surface area contributed by atoms with Crippen LogP contribution in [-0.2, 0) is 4.74 Å². The summed E-state index contributed by atoms with van der Waals surface area (Å²) in [5.41, 5.74) is 1.71. The first-order chi connectivity index (χ1) is 6.60. The van der Waals surface area contributed by atoms with Gasteiger partial charge in [0.15, 0.2) is 0 Å². The highest BCUT2D eigenvalue weighted by Crippen LogP contribution is 2.21. The second-order valence-electron chi connectivity index (χ2n) is 2.75. The summed E-state index contributed by atoms with van der Waals surface area (Å²) in [7, 11) is 1.33. The summed E-state index contributed by atoms with van der Waals surface area (Å²) < 4.78 is 5.21. The highest BCUT2D eigenvalue weighted by molar-refractivity contribution is 9.10. The molecular formula is C10H8BrNO2. The molecule has 0 saturated heterocycles. The number of hydrogen-bond acceptors (Lipinski definition) is 3. The van der Waals surface area contributed by atoms with E-state index in [0.717, 1.165) is 5.56 Å². The van der Waals surface area contributed by atoms with E-state index in [2.05, 4.69) is 20.7 Å². The summed E-state index contributed by atoms with van der Waals surface area (Å²) in [6, 6.07) is 5.27. The van der Waals surface area contributed by atoms with Gasteiger partial charge in [-0.15, -0.1) is 0 Å². The molecule has 72 valence electrons. The Labute approximate surface area is 90.4 Å². The molecule has 0 heterocycles. The number of carbonyl (C=O) groups is 1. The number of aryl methyl sites for hydroxylation is 1. The minimum Gasteiger partial charge on any atom is -0.465 e. The number of carbonyl (C=O) groups excluding carboxylic acids is 1. The van der Waals surface area contributed by atoms with Crippen LogP contribution in [0.15, 0.2) is 16.6 Å². The first kappa shape index (κ1) is 10.7. The molecule has 0 unspecified atom stereocenters. The molecule has 0 N–H and O–H groups in total. The smallest absolute Gasteiger partial charge is 0.338 e. The molecule has 1 rings (SSSR count). The van der Waals surface area contributed by atoms with Crippen LogP contribution in [0.25, 0.3) is 0 Å². The monoisotopic (exact) mass is 253 g/mol. The van der Waals surface area contributed by atoms with E-state index in [-0.39, 0.29) is 0 Å². The van der Waals surface area contributed by atoms with Gasteiger partial charge in [0.2, 0.25) is 0 Å². The summed E-state index contributed by atoms with van der Waals surface area (Å²) in [6.07, 6.45) is 0. The number of benzene rings is 1. The highest BCUT2D eigenvalue weighted by atomic mass is 79.9. The Hall–Kier alpha value is -1.34. The van der Waals surface area contributed by atoms with Gasteiger partial charge in [-0.1, -0.05) is 0 Å². The van der Waals surface area contributed by atoms with Crippen LogP contribution >= 0.6 is 15.9 Å². The lowest BCUT2D eigenvalue weighted by atomic mass is 10.1. The molecule has 1 aromatic rings. The zero-order chi connectivity index (χ0) is 10.7. The number of halogens is 1. The zero-order valence-electron chi connectivity index (χ0n) is 7.80. The highest BCUT2D eigenvalue weighted by Gasteiger charge is 2.12. The van der Waals surface area contributed by atoms with E-state index >= 15 is 0 Å². The lowest BCUT2D eigenvalue weighted by Crippen LogP contribution is -2.04. The van der Waals surface area contributed by atoms with Crippen molar-refractivity contribution in [2.45, 2.75) is 6.92 Å². The largest absolute Gasteiger partial charge is 0.465 e. The summed E-state index contributed by atoms with van der Waals surface area (Å²) in [4.78, 5) is 11.3. The van der Waals surface area contributed by atoms with Crippen LogP contribution in [-0.4, -0.2) is 13.1 Å². The minimum absolute atomic E-state index is 0.396. The fraction of sp³-hybridized carbons (Fsp3) is 0.200. The number of hydrogen-bond donors (Lipinski definition) is 0. The molecule has 0 saturated carbocycles. The molecular weight excluding hydrogens is 246 g/mol. The van der Waals surface area contributed by atoms with Crippen LogP contribution in [0.2, 0.25) is 0 Å². The number of nitriles is 1. The van der Waals surface area contributed by atoms with E-state index in [1.807, 2.05) is 6.07 Å². The van der Waals surface area contributed by atoms with Crippen LogP contribution in [0.3, 0.4) is 0 Å². The Kier molecular flexibility index (Phi) is 3.26. The van der Waals surface area contributed by atoms with Crippen LogP contribution in [0.5, 0.6) is 0 Å². The van der Waals surface area contributed by atoms with Crippen LogP contribution in [0.4, 0.5) is 0 Å². The number of rotatable bonds is 1. The predicted octanol–water partition coefficient (Wildman–Crippen LogP) is 2.42. The topological polar surface area (TPSA) is 50.1 Å². The van der Waals surface area contributed by atoms with E-state index < -0.39 is 5.97 Å². The average molecular weight is 254 g/mol. The maximum atomic E-state index is 11.3. The molecule has 0 atom stereocenters. The molecule has 0 aliphatic carbocycles. The van der Waals surface area contributed by atoms with Crippen molar-refractivity contribution in [3.63, 3.8) is 0 Å². The Morgan fingerprint density at radius 2 is 2.21 bits per heavy atom. The van der Waals surface area contributed by atoms with Gasteiger partial charge in [0.25, 0.3) is 0 Å². The molecule has 0 radical (unpaired) electrons. The van der Waals surface area contributed by atoms with Gasteiger partial charge in [-0.25, -0.2) is 4.79 Å². The SMILES string of the molecule is COC(=O)c1cc(Br)c(C#N)cc1C. The Morgan fingerprint density at radius 3 is 2.71 bits per heavy atom. The minimum atomic E-state index is -0.396. The van der Waals surface area contributed by atoms with Gasteiger partial charge >= 0.3 is 5.97 Å². The third kappa shape index (κ3) is 1.94. The number of esters is 1. The van der Waals surface area contributed by atoms with Gasteiger partial charge in [-0.2, -0.15) is 5.26 Å². The second kappa shape index (κ2) is 4.25. The van der Waals surface area contributed by atoms with Gasteiger partial charge in [0.05, 0.1) is 18.2 Å². The molecule has 1 aromatic carbocycles. The fourth-order valence-corrected chi connectivity index (χ4v) is 1.53. The Balaban J connectivity index is 3.30. The number of methoxy groups -OCH3 is 1. The average Bonchev–Trinajstić information content (AvgIpc) is 2.19. The second-order valence-corrected chi connectivity index (χ2v) is 3.60. The standard InChI is InChI=1S/C10H8BrNO2/c1-6-3-7(5-12)9(11)4-8(6)10(13)14-2/h3-4H,1-2H3. The van der Waals surface area contributed by atoms with E-state index in [9.17, 15) is 4.79 Å². The molecule has 0 aliphatic rings. The molecule has 0 aliphatic heterocycles. The van der Waals surface area contributed by atoms with E-state index in [1.54, 1.807) is 19.1 Å². The molecule has 4 heteroatoms. The van der Waals surface area contributed by atoms with Crippen molar-refractivity contribution in [1.29, 1.82) is 5.26 Å². The summed E-state index contributed by atoms with van der Waals surface area (Å²) in [6.45, 7) is 1.76. The van der Waals surface area contributed by atoms with Crippen molar-refractivity contribution in [3.8, 4) is 6.07 Å². The predicted molar refractivity (Wildman–Crippen MR) is 54.9 cm³/mol. The van der Waals surface area contributed by atoms with Crippen molar-refractivity contribution in [2.75, 3.05) is 7.11 Å². The van der Waals surface area contributed by atoms with Gasteiger partial charge in [0, 0.05) is 4.47 Å². The zero-order valence-corrected chi connectivity index (χ0v) is 9.38. The van der Waals surface area contributed by atoms with Gasteiger partial charge < -0.3 is 4.74 Å². The molecule has 3 nitrogen and oxygen atoms in total. The molecule has 0 spiro atoms. The molecule has 14 heavy (non-hydrogen) atoms. The third-order valence-corrected chi connectivity index (χ3v) is 2.50. The normalized spacial score (nSPS) is 9.29. The van der Waals surface area contributed by atoms with Crippen LogP contribution in [0.1, 0.15) is 21.5 Å². The van der Waals surface area contributed by atoms with Crippen LogP contribution in [0, 0.1) is 18.3 Å². The maximum Gasteiger partial charge on any atom is 0.338 e. The maximum absolute atomic E-state index is 11.3. The summed E-state index contributed by atoms with van der Waals surface area (Å²) in [5.74, 6) is -0.396. The van der Waals surface area contributed by atoms with E-state index in [1.165, 1.54) is 7.11 Å². The third-order valence-electron chi connectivity index (χ3n) is 1.84. The van der Waals surface area contributed by atoms with Crippen molar-refractivity contribution in [1.82, 2.24) is 0 Å². The molecule has 0 aromatic heterocycles. The van der Waals surface area contributed by atoms with E-state index in [0.29, 0.717) is 15.6 Å². The van der Waals surface area contributed by atoms with Gasteiger partial charge in [-0.3, -0.25) is 0 Å². The molecule has 0 fully saturated rings. The van der Waals surface area contributed by atoms with Crippen molar-refractivity contribution < 1.29 is 9.53 Å². The Morgan fingerprint density at radius 1 is 1.57 bits per heavy atom. The summed E-state index contributed by atoms with van der Waals surface area (Å²) >= 11 is 3.21. The van der Waals surface area contributed by atoms with Gasteiger partial charge in [0.1, 0.15) is 6.07 Å². The fourth-order valence-electron chi connectivity index (χ4n) is 1.10. The lowest BCUT2D eigenvalue weighted by molar-refractivity contribution is 0.0600. The van der Waals surface area contributed by atoms with Crippen molar-refractivity contribution >= 4 is 21.9 Å². The Bertz CT molecular complexity index is 421. The first-order valence-electron chi connectivity index (χ1n) is 3.88. The molecule has 0 amide bonds. The summed E-state index contributed by atoms with van der Waals surface area (Å²) in [5, 5.41) is 8.73. The van der Waals surface area contributed by atoms with Crippen molar-refractivity contribution in [3.05, 3.63) is 33.3 Å². The molecule has 0 bridgehead atoms. The van der Waals surface area contributed by atoms with Crippen LogP contribution < -0.4 is 0 Å². The first-order valence-corrected chi connectivity index (χ1v) is 4.68. The number of ether oxygens (including phenoxy) is 1. The number of nitrogens with zero attached hydrogens (tertiary/aromatic N) is 1. The van der Waals surface area contributed by atoms with Crippen molar-refractivity contribution in [2.24, 2.45) is 0 Å². The quantitative estimate of drug-likeness (QED) is 0.723. The van der Waals surface area contributed by atoms with E-state index in [4.69, 9.17) is 5.26 Å². The van der Waals surface area contributed by atoms with Gasteiger partial charge in [-0.05, 0) is 40.5 Å².